The summed E-state index contributed by atoms with van der Waals surface area (Å²) < 4.78 is 6.95. The topological polar surface area (TPSA) is 86.1 Å². The predicted molar refractivity (Wildman–Crippen MR) is 111 cm³/mol. The zero-order valence-electron chi connectivity index (χ0n) is 15.3. The lowest BCUT2D eigenvalue weighted by molar-refractivity contribution is -0.116. The van der Waals surface area contributed by atoms with Gasteiger partial charge in [0.05, 0.1) is 29.5 Å². The summed E-state index contributed by atoms with van der Waals surface area (Å²) in [7, 11) is 0. The van der Waals surface area contributed by atoms with E-state index >= 15 is 0 Å². The van der Waals surface area contributed by atoms with Crippen LogP contribution in [-0.4, -0.2) is 27.0 Å². The van der Waals surface area contributed by atoms with E-state index in [9.17, 15) is 9.59 Å². The second-order valence-corrected chi connectivity index (χ2v) is 7.54. The van der Waals surface area contributed by atoms with Gasteiger partial charge in [-0.3, -0.25) is 14.2 Å². The number of benzene rings is 2. The van der Waals surface area contributed by atoms with Gasteiger partial charge in [0.15, 0.2) is 5.13 Å². The normalized spacial score (nSPS) is 12.6. The molecule has 2 aromatic carbocycles. The van der Waals surface area contributed by atoms with Crippen LogP contribution in [0, 0.1) is 0 Å². The Bertz CT molecular complexity index is 1290. The molecule has 144 valence electrons. The smallest absolute Gasteiger partial charge is 0.269 e. The van der Waals surface area contributed by atoms with Crippen LogP contribution < -0.4 is 15.6 Å². The minimum absolute atomic E-state index is 0.104. The average Bonchev–Trinajstić information content (AvgIpc) is 3.39. The number of amides is 1. The number of nitrogens with one attached hydrogen (secondary N) is 1. The first-order valence-electron chi connectivity index (χ1n) is 9.13. The summed E-state index contributed by atoms with van der Waals surface area (Å²) in [5.74, 6) is 0.610. The molecular weight excluding hydrogens is 388 g/mol. The molecule has 0 unspecified atom stereocenters. The molecule has 0 spiro atoms. The maximum Gasteiger partial charge on any atom is 0.269 e. The summed E-state index contributed by atoms with van der Waals surface area (Å²) in [4.78, 5) is 33.4. The van der Waals surface area contributed by atoms with Crippen molar-refractivity contribution in [2.75, 3.05) is 11.9 Å². The summed E-state index contributed by atoms with van der Waals surface area (Å²) in [5.41, 5.74) is 3.92. The first-order valence-corrected chi connectivity index (χ1v) is 10.0. The van der Waals surface area contributed by atoms with Crippen molar-refractivity contribution in [3.63, 3.8) is 0 Å². The molecule has 0 aliphatic carbocycles. The van der Waals surface area contributed by atoms with Crippen LogP contribution in [0.2, 0.25) is 0 Å². The molecule has 3 heterocycles. The predicted octanol–water partition coefficient (Wildman–Crippen LogP) is 3.09. The van der Waals surface area contributed by atoms with Crippen molar-refractivity contribution in [1.82, 2.24) is 14.5 Å². The maximum absolute atomic E-state index is 12.5. The van der Waals surface area contributed by atoms with Gasteiger partial charge in [-0.05, 0) is 35.9 Å². The standard InChI is InChI=1S/C21H16N4O3S/c26-19(11-25-17-4-2-1-3-15(17)22-10-20(25)27)24-21-23-16(12-29-21)13-5-6-18-14(9-13)7-8-28-18/h1-6,9-10,12H,7-8,11H2,(H,23,24,26). The molecule has 29 heavy (non-hydrogen) atoms. The van der Waals surface area contributed by atoms with Crippen molar-refractivity contribution in [3.05, 3.63) is 70.0 Å². The summed E-state index contributed by atoms with van der Waals surface area (Å²) in [6.07, 6.45) is 2.13. The number of rotatable bonds is 4. The fourth-order valence-electron chi connectivity index (χ4n) is 3.39. The van der Waals surface area contributed by atoms with Gasteiger partial charge in [-0.25, -0.2) is 9.97 Å². The highest BCUT2D eigenvalue weighted by Crippen LogP contribution is 2.31. The molecule has 2 aromatic heterocycles. The van der Waals surface area contributed by atoms with Crippen LogP contribution in [-0.2, 0) is 17.8 Å². The number of anilines is 1. The monoisotopic (exact) mass is 404 g/mol. The van der Waals surface area contributed by atoms with Gasteiger partial charge in [0.25, 0.3) is 5.56 Å². The molecular formula is C21H16N4O3S. The lowest BCUT2D eigenvalue weighted by Crippen LogP contribution is -2.27. The number of fused-ring (bicyclic) bond motifs is 2. The Kier molecular flexibility index (Phi) is 4.33. The molecule has 1 amide bonds. The molecule has 5 rings (SSSR count). The molecule has 1 N–H and O–H groups in total. The number of thiazole rings is 1. The molecule has 0 atom stereocenters. The van der Waals surface area contributed by atoms with Gasteiger partial charge in [0, 0.05) is 17.4 Å². The van der Waals surface area contributed by atoms with Crippen LogP contribution in [0.25, 0.3) is 22.3 Å². The van der Waals surface area contributed by atoms with E-state index in [4.69, 9.17) is 4.74 Å². The van der Waals surface area contributed by atoms with Gasteiger partial charge >= 0.3 is 0 Å². The van der Waals surface area contributed by atoms with E-state index in [-0.39, 0.29) is 18.0 Å². The van der Waals surface area contributed by atoms with Crippen molar-refractivity contribution >= 4 is 33.4 Å². The van der Waals surface area contributed by atoms with Crippen molar-refractivity contribution in [3.8, 4) is 17.0 Å². The molecule has 8 heteroatoms. The number of para-hydroxylation sites is 2. The second-order valence-electron chi connectivity index (χ2n) is 6.68. The first kappa shape index (κ1) is 17.6. The number of hydrogen-bond donors (Lipinski definition) is 1. The lowest BCUT2D eigenvalue weighted by Gasteiger charge is -2.08. The Balaban J connectivity index is 1.35. The van der Waals surface area contributed by atoms with Gasteiger partial charge in [0.2, 0.25) is 5.91 Å². The number of aromatic nitrogens is 3. The SMILES string of the molecule is O=C(Cn1c(=O)cnc2ccccc21)Nc1nc(-c2ccc3c(c2)CCO3)cs1. The van der Waals surface area contributed by atoms with Crippen molar-refractivity contribution in [2.45, 2.75) is 13.0 Å². The zero-order valence-corrected chi connectivity index (χ0v) is 16.1. The van der Waals surface area contributed by atoms with Crippen LogP contribution in [0.4, 0.5) is 5.13 Å². The van der Waals surface area contributed by atoms with E-state index < -0.39 is 0 Å². The molecule has 1 aliphatic rings. The Morgan fingerprint density at radius 2 is 2.14 bits per heavy atom. The lowest BCUT2D eigenvalue weighted by atomic mass is 10.1. The van der Waals surface area contributed by atoms with Gasteiger partial charge in [-0.1, -0.05) is 12.1 Å². The Hall–Kier alpha value is -3.52. The average molecular weight is 404 g/mol. The summed E-state index contributed by atoms with van der Waals surface area (Å²) in [5, 5.41) is 5.19. The molecule has 0 saturated heterocycles. The largest absolute Gasteiger partial charge is 0.493 e. The highest BCUT2D eigenvalue weighted by molar-refractivity contribution is 7.14. The summed E-state index contributed by atoms with van der Waals surface area (Å²) >= 11 is 1.35. The highest BCUT2D eigenvalue weighted by atomic mass is 32.1. The molecule has 0 radical (unpaired) electrons. The van der Waals surface area contributed by atoms with E-state index in [2.05, 4.69) is 21.4 Å². The van der Waals surface area contributed by atoms with E-state index in [0.29, 0.717) is 22.8 Å². The third-order valence-electron chi connectivity index (χ3n) is 4.79. The molecule has 0 fully saturated rings. The quantitative estimate of drug-likeness (QED) is 0.565. The summed E-state index contributed by atoms with van der Waals surface area (Å²) in [6, 6.07) is 13.2. The Labute approximate surface area is 169 Å². The Morgan fingerprint density at radius 1 is 1.24 bits per heavy atom. The second kappa shape index (κ2) is 7.14. The van der Waals surface area contributed by atoms with Gasteiger partial charge < -0.3 is 10.1 Å². The highest BCUT2D eigenvalue weighted by Gasteiger charge is 2.15. The van der Waals surface area contributed by atoms with Crippen molar-refractivity contribution < 1.29 is 9.53 Å². The number of hydrogen-bond acceptors (Lipinski definition) is 6. The van der Waals surface area contributed by atoms with Gasteiger partial charge in [0.1, 0.15) is 12.3 Å². The fourth-order valence-corrected chi connectivity index (χ4v) is 4.13. The Morgan fingerprint density at radius 3 is 3.07 bits per heavy atom. The molecule has 7 nitrogen and oxygen atoms in total. The van der Waals surface area contributed by atoms with Crippen molar-refractivity contribution in [1.29, 1.82) is 0 Å². The zero-order chi connectivity index (χ0) is 19.8. The first-order chi connectivity index (χ1) is 14.2. The number of carbonyl (C=O) groups is 1. The van der Waals surface area contributed by atoms with E-state index in [1.807, 2.05) is 29.6 Å². The van der Waals surface area contributed by atoms with Crippen LogP contribution in [0.5, 0.6) is 5.75 Å². The van der Waals surface area contributed by atoms with Crippen LogP contribution >= 0.6 is 11.3 Å². The van der Waals surface area contributed by atoms with E-state index in [0.717, 1.165) is 23.4 Å². The molecule has 4 aromatic rings. The fraction of sp³-hybridized carbons (Fsp3) is 0.143. The van der Waals surface area contributed by atoms with Crippen LogP contribution in [0.1, 0.15) is 5.56 Å². The van der Waals surface area contributed by atoms with Gasteiger partial charge in [-0.15, -0.1) is 11.3 Å². The molecule has 0 bridgehead atoms. The third kappa shape index (κ3) is 3.38. The summed E-state index contributed by atoms with van der Waals surface area (Å²) in [6.45, 7) is 0.604. The van der Waals surface area contributed by atoms with Gasteiger partial charge in [-0.2, -0.15) is 0 Å². The van der Waals surface area contributed by atoms with Crippen molar-refractivity contribution in [2.24, 2.45) is 0 Å². The molecule has 0 saturated carbocycles. The minimum atomic E-state index is -0.320. The van der Waals surface area contributed by atoms with Crippen LogP contribution in [0.15, 0.2) is 58.8 Å². The van der Waals surface area contributed by atoms with E-state index in [1.54, 1.807) is 12.1 Å². The third-order valence-corrected chi connectivity index (χ3v) is 5.55. The molecule has 1 aliphatic heterocycles. The van der Waals surface area contributed by atoms with Crippen LogP contribution in [0.3, 0.4) is 0 Å². The van der Waals surface area contributed by atoms with E-state index in [1.165, 1.54) is 27.7 Å². The number of ether oxygens (including phenoxy) is 1. The maximum atomic E-state index is 12.5. The minimum Gasteiger partial charge on any atom is -0.493 e. The number of carbonyl (C=O) groups excluding carboxylic acids is 1. The number of nitrogens with zero attached hydrogens (tertiary/aromatic N) is 3.